The van der Waals surface area contributed by atoms with Crippen molar-refractivity contribution in [1.82, 2.24) is 9.78 Å². The molecule has 0 aliphatic rings. The maximum Gasteiger partial charge on any atom is 0.215 e. The van der Waals surface area contributed by atoms with Crippen LogP contribution in [0.2, 0.25) is 5.02 Å². The van der Waals surface area contributed by atoms with Crippen LogP contribution in [0.5, 0.6) is 5.75 Å². The monoisotopic (exact) mass is 282 g/mol. The Hall–Kier alpha value is -1.88. The van der Waals surface area contributed by atoms with Gasteiger partial charge in [-0.1, -0.05) is 11.6 Å². The van der Waals surface area contributed by atoms with E-state index in [1.165, 1.54) is 30.1 Å². The normalized spacial score (nSPS) is 10.5. The van der Waals surface area contributed by atoms with Crippen molar-refractivity contribution < 1.29 is 13.9 Å². The number of benzene rings is 1. The van der Waals surface area contributed by atoms with Gasteiger partial charge in [-0.2, -0.15) is 5.10 Å². The largest absolute Gasteiger partial charge is 0.497 e. The van der Waals surface area contributed by atoms with Crippen molar-refractivity contribution in [3.8, 4) is 5.75 Å². The molecule has 4 nitrogen and oxygen atoms in total. The van der Waals surface area contributed by atoms with Crippen LogP contribution >= 0.6 is 11.6 Å². The van der Waals surface area contributed by atoms with Gasteiger partial charge >= 0.3 is 0 Å². The number of aromatic nitrogens is 2. The van der Waals surface area contributed by atoms with Gasteiger partial charge in [-0.25, -0.2) is 4.39 Å². The second kappa shape index (κ2) is 5.40. The van der Waals surface area contributed by atoms with Crippen molar-refractivity contribution in [2.75, 3.05) is 7.11 Å². The molecule has 6 heteroatoms. The number of ketones is 1. The zero-order chi connectivity index (χ0) is 14.0. The Morgan fingerprint density at radius 3 is 2.84 bits per heavy atom. The van der Waals surface area contributed by atoms with E-state index in [0.717, 1.165) is 6.07 Å². The third-order valence-electron chi connectivity index (χ3n) is 2.73. The highest BCUT2D eigenvalue weighted by Crippen LogP contribution is 2.23. The fraction of sp³-hybridized carbons (Fsp3) is 0.231. The molecule has 0 aliphatic heterocycles. The van der Waals surface area contributed by atoms with Crippen molar-refractivity contribution in [3.05, 3.63) is 46.5 Å². The van der Waals surface area contributed by atoms with E-state index in [-0.39, 0.29) is 16.3 Å². The number of carbonyl (C=O) groups excluding carboxylic acids is 1. The molecule has 0 atom stereocenters. The van der Waals surface area contributed by atoms with E-state index in [1.54, 1.807) is 0 Å². The Morgan fingerprint density at radius 1 is 1.53 bits per heavy atom. The summed E-state index contributed by atoms with van der Waals surface area (Å²) >= 11 is 5.93. The highest BCUT2D eigenvalue weighted by molar-refractivity contribution is 6.34. The van der Waals surface area contributed by atoms with E-state index in [2.05, 4.69) is 5.10 Å². The Morgan fingerprint density at radius 2 is 2.26 bits per heavy atom. The predicted molar refractivity (Wildman–Crippen MR) is 69.3 cm³/mol. The Bertz CT molecular complexity index is 625. The molecule has 2 aromatic rings. The summed E-state index contributed by atoms with van der Waals surface area (Å²) < 4.78 is 20.2. The summed E-state index contributed by atoms with van der Waals surface area (Å²) in [5.74, 6) is -0.794. The minimum atomic E-state index is -0.649. The number of rotatable bonds is 4. The van der Waals surface area contributed by atoms with Gasteiger partial charge in [0, 0.05) is 12.6 Å². The van der Waals surface area contributed by atoms with E-state index in [9.17, 15) is 9.18 Å². The summed E-state index contributed by atoms with van der Waals surface area (Å²) in [6.45, 7) is 2.30. The lowest BCUT2D eigenvalue weighted by Gasteiger charge is -2.07. The fourth-order valence-corrected chi connectivity index (χ4v) is 1.99. The Labute approximate surface area is 114 Å². The molecule has 0 amide bonds. The van der Waals surface area contributed by atoms with Gasteiger partial charge in [0.05, 0.1) is 23.9 Å². The smallest absolute Gasteiger partial charge is 0.215 e. The molecule has 19 heavy (non-hydrogen) atoms. The number of nitrogens with zero attached hydrogens (tertiary/aromatic N) is 2. The maximum atomic E-state index is 13.9. The molecule has 0 bridgehead atoms. The van der Waals surface area contributed by atoms with Crippen LogP contribution in [0.4, 0.5) is 4.39 Å². The summed E-state index contributed by atoms with van der Waals surface area (Å²) in [6, 6.07) is 4.06. The van der Waals surface area contributed by atoms with Crippen LogP contribution in [0.3, 0.4) is 0 Å². The van der Waals surface area contributed by atoms with Gasteiger partial charge in [0.15, 0.2) is 0 Å². The molecule has 0 saturated heterocycles. The zero-order valence-corrected chi connectivity index (χ0v) is 11.2. The van der Waals surface area contributed by atoms with Crippen molar-refractivity contribution in [2.24, 2.45) is 0 Å². The predicted octanol–water partition coefficient (Wildman–Crippen LogP) is 2.94. The molecular formula is C13H12ClFN2O2. The van der Waals surface area contributed by atoms with Gasteiger partial charge < -0.3 is 4.74 Å². The first kappa shape index (κ1) is 13.5. The molecule has 1 aromatic heterocycles. The van der Waals surface area contributed by atoms with E-state index in [0.29, 0.717) is 12.3 Å². The minimum absolute atomic E-state index is 0.0575. The SMILES string of the molecule is CCn1ncc(Cl)c1C(=O)c1ccc(OC)cc1F. The second-order valence-electron chi connectivity index (χ2n) is 3.83. The van der Waals surface area contributed by atoms with Crippen LogP contribution in [0.1, 0.15) is 23.0 Å². The van der Waals surface area contributed by atoms with Crippen molar-refractivity contribution in [2.45, 2.75) is 13.5 Å². The number of hydrogen-bond donors (Lipinski definition) is 0. The molecule has 1 heterocycles. The van der Waals surface area contributed by atoms with Crippen molar-refractivity contribution >= 4 is 17.4 Å². The number of hydrogen-bond acceptors (Lipinski definition) is 3. The molecule has 1 aromatic carbocycles. The van der Waals surface area contributed by atoms with Gasteiger partial charge in [0.2, 0.25) is 5.78 Å². The molecule has 2 rings (SSSR count). The molecule has 0 fully saturated rings. The molecular weight excluding hydrogens is 271 g/mol. The number of aryl methyl sites for hydroxylation is 1. The summed E-state index contributed by atoms with van der Waals surface area (Å²) in [7, 11) is 1.43. The quantitative estimate of drug-likeness (QED) is 0.810. The molecule has 0 radical (unpaired) electrons. The summed E-state index contributed by atoms with van der Waals surface area (Å²) in [5, 5.41) is 4.17. The lowest BCUT2D eigenvalue weighted by molar-refractivity contribution is 0.102. The lowest BCUT2D eigenvalue weighted by atomic mass is 10.1. The third kappa shape index (κ3) is 2.46. The van der Waals surface area contributed by atoms with Crippen LogP contribution in [0.15, 0.2) is 24.4 Å². The van der Waals surface area contributed by atoms with Gasteiger partial charge in [0.1, 0.15) is 17.3 Å². The zero-order valence-electron chi connectivity index (χ0n) is 10.5. The van der Waals surface area contributed by atoms with Crippen LogP contribution < -0.4 is 4.74 Å². The van der Waals surface area contributed by atoms with Gasteiger partial charge in [-0.15, -0.1) is 0 Å². The van der Waals surface area contributed by atoms with Crippen LogP contribution in [-0.2, 0) is 6.54 Å². The first-order chi connectivity index (χ1) is 9.08. The van der Waals surface area contributed by atoms with Crippen LogP contribution in [0, 0.1) is 5.82 Å². The Balaban J connectivity index is 2.47. The van der Waals surface area contributed by atoms with E-state index in [4.69, 9.17) is 16.3 Å². The van der Waals surface area contributed by atoms with E-state index in [1.807, 2.05) is 6.92 Å². The van der Waals surface area contributed by atoms with Gasteiger partial charge in [-0.05, 0) is 19.1 Å². The fourth-order valence-electron chi connectivity index (χ4n) is 1.76. The molecule has 0 unspecified atom stereocenters. The van der Waals surface area contributed by atoms with Gasteiger partial charge in [0.25, 0.3) is 0 Å². The van der Waals surface area contributed by atoms with Gasteiger partial charge in [-0.3, -0.25) is 9.48 Å². The van der Waals surface area contributed by atoms with Crippen LogP contribution in [0.25, 0.3) is 0 Å². The minimum Gasteiger partial charge on any atom is -0.497 e. The van der Waals surface area contributed by atoms with E-state index < -0.39 is 11.6 Å². The average Bonchev–Trinajstić information content (AvgIpc) is 2.78. The molecule has 0 saturated carbocycles. The number of carbonyl (C=O) groups is 1. The summed E-state index contributed by atoms with van der Waals surface area (Å²) in [6.07, 6.45) is 1.37. The Kier molecular flexibility index (Phi) is 3.85. The van der Waals surface area contributed by atoms with Crippen molar-refractivity contribution in [1.29, 1.82) is 0 Å². The third-order valence-corrected chi connectivity index (χ3v) is 3.01. The second-order valence-corrected chi connectivity index (χ2v) is 4.24. The molecule has 100 valence electrons. The first-order valence-corrected chi connectivity index (χ1v) is 6.05. The summed E-state index contributed by atoms with van der Waals surface area (Å²) in [5.41, 5.74) is 0.131. The molecule has 0 N–H and O–H groups in total. The number of halogens is 2. The first-order valence-electron chi connectivity index (χ1n) is 5.68. The standard InChI is InChI=1S/C13H12ClFN2O2/c1-3-17-12(10(14)7-16-17)13(18)9-5-4-8(19-2)6-11(9)15/h4-7H,3H2,1-2H3. The van der Waals surface area contributed by atoms with Crippen molar-refractivity contribution in [3.63, 3.8) is 0 Å². The maximum absolute atomic E-state index is 13.9. The lowest BCUT2D eigenvalue weighted by Crippen LogP contribution is -2.12. The van der Waals surface area contributed by atoms with E-state index >= 15 is 0 Å². The average molecular weight is 283 g/mol. The highest BCUT2D eigenvalue weighted by atomic mass is 35.5. The summed E-state index contributed by atoms with van der Waals surface area (Å²) in [4.78, 5) is 12.3. The molecule has 0 spiro atoms. The number of methoxy groups -OCH3 is 1. The topological polar surface area (TPSA) is 44.1 Å². The number of ether oxygens (including phenoxy) is 1. The molecule has 0 aliphatic carbocycles. The van der Waals surface area contributed by atoms with Crippen LogP contribution in [-0.4, -0.2) is 22.7 Å². The highest BCUT2D eigenvalue weighted by Gasteiger charge is 2.21.